The molecule has 0 saturated carbocycles. The van der Waals surface area contributed by atoms with Crippen molar-refractivity contribution < 1.29 is 9.53 Å². The zero-order valence-corrected chi connectivity index (χ0v) is 16.6. The van der Waals surface area contributed by atoms with Crippen LogP contribution in [0.25, 0.3) is 0 Å². The number of nitrogens with zero attached hydrogens (tertiary/aromatic N) is 2. The van der Waals surface area contributed by atoms with Crippen LogP contribution in [0.5, 0.6) is 0 Å². The molecule has 0 spiro atoms. The predicted molar refractivity (Wildman–Crippen MR) is 111 cm³/mol. The number of carbonyl (C=O) groups is 1. The molecule has 0 radical (unpaired) electrons. The first-order valence-electron chi connectivity index (χ1n) is 9.74. The highest BCUT2D eigenvalue weighted by Gasteiger charge is 2.33. The SMILES string of the molecule is CC(C(=O)Nc1ccc(N2CCOCC2)cc1)N1CCCC1c1ccsc1. The van der Waals surface area contributed by atoms with Crippen LogP contribution < -0.4 is 10.2 Å². The van der Waals surface area contributed by atoms with E-state index in [1.807, 2.05) is 19.1 Å². The summed E-state index contributed by atoms with van der Waals surface area (Å²) in [6, 6.07) is 10.6. The van der Waals surface area contributed by atoms with E-state index in [0.29, 0.717) is 6.04 Å². The van der Waals surface area contributed by atoms with Gasteiger partial charge in [0.25, 0.3) is 0 Å². The highest BCUT2D eigenvalue weighted by molar-refractivity contribution is 7.07. The highest BCUT2D eigenvalue weighted by atomic mass is 32.1. The Hall–Kier alpha value is -1.89. The average Bonchev–Trinajstić information content (AvgIpc) is 3.40. The topological polar surface area (TPSA) is 44.8 Å². The second-order valence-corrected chi connectivity index (χ2v) is 8.04. The van der Waals surface area contributed by atoms with E-state index < -0.39 is 0 Å². The van der Waals surface area contributed by atoms with Crippen molar-refractivity contribution in [2.45, 2.75) is 31.8 Å². The molecule has 2 atom stereocenters. The van der Waals surface area contributed by atoms with Crippen LogP contribution in [0.15, 0.2) is 41.1 Å². The number of morpholine rings is 1. The smallest absolute Gasteiger partial charge is 0.241 e. The van der Waals surface area contributed by atoms with Crippen LogP contribution in [0, 0.1) is 0 Å². The van der Waals surface area contributed by atoms with Gasteiger partial charge < -0.3 is 15.0 Å². The lowest BCUT2D eigenvalue weighted by Gasteiger charge is -2.30. The number of hydrogen-bond acceptors (Lipinski definition) is 5. The average molecular weight is 386 g/mol. The summed E-state index contributed by atoms with van der Waals surface area (Å²) in [5, 5.41) is 7.42. The quantitative estimate of drug-likeness (QED) is 0.851. The lowest BCUT2D eigenvalue weighted by molar-refractivity contribution is -0.121. The Morgan fingerprint density at radius 3 is 2.67 bits per heavy atom. The maximum atomic E-state index is 12.8. The molecule has 1 amide bonds. The Bertz CT molecular complexity index is 741. The monoisotopic (exact) mass is 385 g/mol. The number of amides is 1. The van der Waals surface area contributed by atoms with Gasteiger partial charge in [-0.15, -0.1) is 0 Å². The molecule has 2 unspecified atom stereocenters. The van der Waals surface area contributed by atoms with E-state index in [-0.39, 0.29) is 11.9 Å². The van der Waals surface area contributed by atoms with Gasteiger partial charge in [0.1, 0.15) is 0 Å². The fraction of sp³-hybridized carbons (Fsp3) is 0.476. The third-order valence-electron chi connectivity index (χ3n) is 5.61. The second kappa shape index (κ2) is 8.42. The van der Waals surface area contributed by atoms with Crippen LogP contribution in [-0.4, -0.2) is 49.7 Å². The maximum absolute atomic E-state index is 12.8. The van der Waals surface area contributed by atoms with E-state index in [4.69, 9.17) is 4.74 Å². The molecule has 144 valence electrons. The Kier molecular flexibility index (Phi) is 5.76. The summed E-state index contributed by atoms with van der Waals surface area (Å²) in [7, 11) is 0. The molecular formula is C21H27N3O2S. The van der Waals surface area contributed by atoms with Gasteiger partial charge in [0.15, 0.2) is 0 Å². The molecule has 4 rings (SSSR count). The molecule has 2 fully saturated rings. The van der Waals surface area contributed by atoms with Gasteiger partial charge in [0.2, 0.25) is 5.91 Å². The number of ether oxygens (including phenoxy) is 1. The van der Waals surface area contributed by atoms with E-state index in [9.17, 15) is 4.79 Å². The molecule has 0 bridgehead atoms. The zero-order valence-electron chi connectivity index (χ0n) is 15.8. The van der Waals surface area contributed by atoms with E-state index in [1.165, 1.54) is 11.3 Å². The van der Waals surface area contributed by atoms with E-state index in [2.05, 4.69) is 44.1 Å². The lowest BCUT2D eigenvalue weighted by atomic mass is 10.1. The first kappa shape index (κ1) is 18.5. The van der Waals surface area contributed by atoms with Crippen molar-refractivity contribution >= 4 is 28.6 Å². The van der Waals surface area contributed by atoms with E-state index in [1.54, 1.807) is 11.3 Å². The molecule has 3 heterocycles. The number of anilines is 2. The maximum Gasteiger partial charge on any atom is 0.241 e. The van der Waals surface area contributed by atoms with Crippen LogP contribution >= 0.6 is 11.3 Å². The number of hydrogen-bond donors (Lipinski definition) is 1. The largest absolute Gasteiger partial charge is 0.378 e. The second-order valence-electron chi connectivity index (χ2n) is 7.26. The van der Waals surface area contributed by atoms with Gasteiger partial charge in [-0.1, -0.05) is 0 Å². The summed E-state index contributed by atoms with van der Waals surface area (Å²) in [6.45, 7) is 6.38. The van der Waals surface area contributed by atoms with Gasteiger partial charge in [-0.3, -0.25) is 9.69 Å². The minimum Gasteiger partial charge on any atom is -0.378 e. The molecule has 2 saturated heterocycles. The number of nitrogens with one attached hydrogen (secondary N) is 1. The first-order valence-corrected chi connectivity index (χ1v) is 10.7. The number of likely N-dealkylation sites (tertiary alicyclic amines) is 1. The Balaban J connectivity index is 1.38. The van der Waals surface area contributed by atoms with Crippen LogP contribution in [0.3, 0.4) is 0 Å². The normalized spacial score (nSPS) is 22.0. The van der Waals surface area contributed by atoms with Gasteiger partial charge >= 0.3 is 0 Å². The number of benzene rings is 1. The summed E-state index contributed by atoms with van der Waals surface area (Å²) in [4.78, 5) is 17.5. The third kappa shape index (κ3) is 4.18. The minimum absolute atomic E-state index is 0.0660. The fourth-order valence-electron chi connectivity index (χ4n) is 4.05. The van der Waals surface area contributed by atoms with Crippen LogP contribution in [0.2, 0.25) is 0 Å². The van der Waals surface area contributed by atoms with Gasteiger partial charge in [-0.05, 0) is 73.0 Å². The highest BCUT2D eigenvalue weighted by Crippen LogP contribution is 2.34. The van der Waals surface area contributed by atoms with Crippen LogP contribution in [0.1, 0.15) is 31.4 Å². The molecule has 1 aromatic heterocycles. The molecule has 2 aromatic rings. The van der Waals surface area contributed by atoms with Gasteiger partial charge in [0.05, 0.1) is 19.3 Å². The molecule has 6 heteroatoms. The van der Waals surface area contributed by atoms with Crippen LogP contribution in [0.4, 0.5) is 11.4 Å². The van der Waals surface area contributed by atoms with Crippen LogP contribution in [-0.2, 0) is 9.53 Å². The number of thiophene rings is 1. The van der Waals surface area contributed by atoms with Crippen molar-refractivity contribution in [3.05, 3.63) is 46.7 Å². The standard InChI is InChI=1S/C21H27N3O2S/c1-16(24-9-2-3-20(24)17-8-14-27-15-17)21(25)22-18-4-6-19(7-5-18)23-10-12-26-13-11-23/h4-8,14-16,20H,2-3,9-13H2,1H3,(H,22,25). The van der Waals surface area contributed by atoms with Crippen molar-refractivity contribution in [1.82, 2.24) is 4.90 Å². The molecule has 2 aliphatic rings. The summed E-state index contributed by atoms with van der Waals surface area (Å²) < 4.78 is 5.41. The predicted octanol–water partition coefficient (Wildman–Crippen LogP) is 3.75. The molecule has 0 aliphatic carbocycles. The van der Waals surface area contributed by atoms with Gasteiger partial charge in [0, 0.05) is 30.5 Å². The molecular weight excluding hydrogens is 358 g/mol. The fourth-order valence-corrected chi connectivity index (χ4v) is 4.76. The Morgan fingerprint density at radius 2 is 1.96 bits per heavy atom. The third-order valence-corrected chi connectivity index (χ3v) is 6.31. The van der Waals surface area contributed by atoms with Crippen molar-refractivity contribution in [1.29, 1.82) is 0 Å². The van der Waals surface area contributed by atoms with Crippen molar-refractivity contribution in [3.8, 4) is 0 Å². The Labute approximate surface area is 164 Å². The van der Waals surface area contributed by atoms with Crippen molar-refractivity contribution in [3.63, 3.8) is 0 Å². The van der Waals surface area contributed by atoms with E-state index >= 15 is 0 Å². The van der Waals surface area contributed by atoms with Gasteiger partial charge in [-0.2, -0.15) is 11.3 Å². The summed E-state index contributed by atoms with van der Waals surface area (Å²) in [5.74, 6) is 0.0660. The molecule has 5 nitrogen and oxygen atoms in total. The number of rotatable bonds is 5. The van der Waals surface area contributed by atoms with E-state index in [0.717, 1.165) is 51.4 Å². The molecule has 2 aliphatic heterocycles. The zero-order chi connectivity index (χ0) is 18.6. The first-order chi connectivity index (χ1) is 13.2. The van der Waals surface area contributed by atoms with Gasteiger partial charge in [-0.25, -0.2) is 0 Å². The Morgan fingerprint density at radius 1 is 1.19 bits per heavy atom. The summed E-state index contributed by atoms with van der Waals surface area (Å²) >= 11 is 1.73. The summed E-state index contributed by atoms with van der Waals surface area (Å²) in [5.41, 5.74) is 3.38. The van der Waals surface area contributed by atoms with Crippen molar-refractivity contribution in [2.24, 2.45) is 0 Å². The minimum atomic E-state index is -0.142. The number of carbonyl (C=O) groups excluding carboxylic acids is 1. The molecule has 1 aromatic carbocycles. The molecule has 1 N–H and O–H groups in total. The molecule has 27 heavy (non-hydrogen) atoms. The van der Waals surface area contributed by atoms with Crippen molar-refractivity contribution in [2.75, 3.05) is 43.1 Å². The summed E-state index contributed by atoms with van der Waals surface area (Å²) in [6.07, 6.45) is 2.27. The lowest BCUT2D eigenvalue weighted by Crippen LogP contribution is -2.41.